The molecule has 4 aliphatic rings. The Balaban J connectivity index is 0.000000194. The number of benzene rings is 4. The third kappa shape index (κ3) is 14.5. The van der Waals surface area contributed by atoms with E-state index in [1.54, 1.807) is 34.4 Å². The van der Waals surface area contributed by atoms with Crippen molar-refractivity contribution in [3.8, 4) is 20.9 Å². The third-order valence-electron chi connectivity index (χ3n) is 15.8. The average Bonchev–Trinajstić information content (AvgIpc) is 4.38. The molecule has 2 aliphatic heterocycles. The largest absolute Gasteiger partial charge is 0.461 e. The minimum absolute atomic E-state index is 0.0119. The SMILES string of the molecule is CC(=O)O[C@H]1[C@H](C)[C@@H](C)OC(c2ccc(C)c(Cc3ccc(-c4ccc(C(=O)NC5CC5)cc4)s3)c2)[C@@H]1OC(C)=O.CS[C@H]1C(c2ccc(C)c(Cc3ccc(-c4ccc(C(=O)NC5CC5)cc4)s3)c2)O[C@H](C)[C@@H](C)[C@@H]1OC(C)=O. The fraction of sp³-hybridized carbons (Fsp3) is 0.431. The number of carbonyl (C=O) groups excluding carboxylic acids is 5. The van der Waals surface area contributed by atoms with Crippen molar-refractivity contribution in [1.82, 2.24) is 10.6 Å². The topological polar surface area (TPSA) is 156 Å². The third-order valence-corrected chi connectivity index (χ3v) is 19.1. The highest BCUT2D eigenvalue weighted by molar-refractivity contribution is 7.99. The minimum Gasteiger partial charge on any atom is -0.461 e. The number of rotatable bonds is 16. The van der Waals surface area contributed by atoms with Gasteiger partial charge < -0.3 is 34.3 Å². The second kappa shape index (κ2) is 25.8. The first kappa shape index (κ1) is 58.6. The Morgan fingerprint density at radius 1 is 0.525 bits per heavy atom. The molecule has 10 rings (SSSR count). The molecule has 0 spiro atoms. The van der Waals surface area contributed by atoms with Crippen LogP contribution in [0.25, 0.3) is 20.9 Å². The van der Waals surface area contributed by atoms with Gasteiger partial charge in [-0.15, -0.1) is 22.7 Å². The summed E-state index contributed by atoms with van der Waals surface area (Å²) >= 11 is 5.21. The molecule has 4 heterocycles. The summed E-state index contributed by atoms with van der Waals surface area (Å²) in [6.45, 7) is 16.5. The van der Waals surface area contributed by atoms with Gasteiger partial charge in [-0.25, -0.2) is 0 Å². The number of esters is 3. The highest BCUT2D eigenvalue weighted by Gasteiger charge is 2.47. The van der Waals surface area contributed by atoms with E-state index in [0.717, 1.165) is 76.8 Å². The van der Waals surface area contributed by atoms with E-state index in [-0.39, 0.29) is 59.3 Å². The Kier molecular flexibility index (Phi) is 18.9. The summed E-state index contributed by atoms with van der Waals surface area (Å²) in [5, 5.41) is 6.10. The number of nitrogens with one attached hydrogen (secondary N) is 2. The highest BCUT2D eigenvalue weighted by atomic mass is 32.2. The van der Waals surface area contributed by atoms with E-state index in [1.807, 2.05) is 68.4 Å². The first-order valence-electron chi connectivity index (χ1n) is 27.9. The predicted octanol–water partition coefficient (Wildman–Crippen LogP) is 13.1. The molecular formula is C65H74N2O10S3. The van der Waals surface area contributed by atoms with Crippen molar-refractivity contribution in [2.75, 3.05) is 6.26 Å². The number of hydrogen-bond donors (Lipinski definition) is 2. The van der Waals surface area contributed by atoms with Gasteiger partial charge in [-0.05, 0) is 153 Å². The van der Waals surface area contributed by atoms with Gasteiger partial charge in [-0.3, -0.25) is 24.0 Å². The van der Waals surface area contributed by atoms with E-state index in [9.17, 15) is 24.0 Å². The fourth-order valence-electron chi connectivity index (χ4n) is 10.5. The molecule has 10 atom stereocenters. The maximum absolute atomic E-state index is 12.3. The van der Waals surface area contributed by atoms with Gasteiger partial charge in [0.1, 0.15) is 18.3 Å². The zero-order chi connectivity index (χ0) is 56.9. The lowest BCUT2D eigenvalue weighted by Crippen LogP contribution is -2.52. The average molecular weight is 1140 g/mol. The van der Waals surface area contributed by atoms with Crippen molar-refractivity contribution >= 4 is 64.2 Å². The first-order chi connectivity index (χ1) is 38.3. The predicted molar refractivity (Wildman–Crippen MR) is 317 cm³/mol. The molecule has 422 valence electrons. The molecule has 4 aromatic carbocycles. The van der Waals surface area contributed by atoms with Crippen LogP contribution < -0.4 is 10.6 Å². The van der Waals surface area contributed by atoms with Gasteiger partial charge >= 0.3 is 17.9 Å². The molecule has 2 aliphatic carbocycles. The Bertz CT molecular complexity index is 3180. The van der Waals surface area contributed by atoms with E-state index in [2.05, 4.69) is 99.2 Å². The molecule has 6 aromatic rings. The van der Waals surface area contributed by atoms with Gasteiger partial charge in [0.15, 0.2) is 6.10 Å². The number of thioether (sulfide) groups is 1. The lowest BCUT2D eigenvalue weighted by Gasteiger charge is -2.44. The molecular weight excluding hydrogens is 1060 g/mol. The van der Waals surface area contributed by atoms with Crippen molar-refractivity contribution in [2.24, 2.45) is 11.8 Å². The second-order valence-corrected chi connectivity index (χ2v) is 25.4. The Labute approximate surface area is 483 Å². The normalized spacial score (nSPS) is 24.4. The molecule has 80 heavy (non-hydrogen) atoms. The van der Waals surface area contributed by atoms with Gasteiger partial charge in [-0.2, -0.15) is 11.8 Å². The van der Waals surface area contributed by atoms with Crippen LogP contribution in [-0.2, 0) is 50.9 Å². The summed E-state index contributed by atoms with van der Waals surface area (Å²) in [7, 11) is 0. The lowest BCUT2D eigenvalue weighted by atomic mass is 9.85. The molecule has 4 fully saturated rings. The monoisotopic (exact) mass is 1140 g/mol. The van der Waals surface area contributed by atoms with Crippen molar-refractivity contribution in [3.63, 3.8) is 0 Å². The maximum atomic E-state index is 12.3. The number of amides is 2. The standard InChI is InChI=1S/C33H37NO6S.C32H37NO4S2/c1-18-6-7-25(31-32(40-22(5)36)30(39-21(4)35)19(2)20(3)38-31)16-26(18)17-28-14-15-29(41-28)23-8-10-24(11-9-23)33(37)34-27-12-13-27;1-18-6-7-24(30-31(38-5)29(37-21(4)34)19(2)20(3)36-30)16-25(18)17-27-14-15-28(39-27)22-8-10-23(11-9-22)32(35)33-26-12-13-26/h6-11,14-16,19-20,27,30-32H,12-13,17H2,1-5H3,(H,34,37);6-11,14-16,19-20,26,29-31H,12-13,17H2,1-5H3,(H,33,35)/t19-,20-,30+,31?,32-;19-,20-,29+,30?,31-/m11/s1. The van der Waals surface area contributed by atoms with Crippen LogP contribution >= 0.6 is 34.4 Å². The molecule has 0 bridgehead atoms. The van der Waals surface area contributed by atoms with Gasteiger partial charge in [0.25, 0.3) is 11.8 Å². The van der Waals surface area contributed by atoms with E-state index in [0.29, 0.717) is 23.2 Å². The summed E-state index contributed by atoms with van der Waals surface area (Å²) in [4.78, 5) is 65.3. The van der Waals surface area contributed by atoms with Crippen LogP contribution in [0.15, 0.2) is 109 Å². The smallest absolute Gasteiger partial charge is 0.303 e. The van der Waals surface area contributed by atoms with Crippen LogP contribution in [0.2, 0.25) is 0 Å². The number of ether oxygens (including phenoxy) is 5. The van der Waals surface area contributed by atoms with Gasteiger partial charge in [0, 0.05) is 88.2 Å². The highest BCUT2D eigenvalue weighted by Crippen LogP contribution is 2.44. The number of thiophene rings is 2. The molecule has 2 amide bonds. The summed E-state index contributed by atoms with van der Waals surface area (Å²) in [6, 6.07) is 37.7. The fourth-order valence-corrected chi connectivity index (χ4v) is 13.6. The van der Waals surface area contributed by atoms with E-state index >= 15 is 0 Å². The molecule has 12 nitrogen and oxygen atoms in total. The Hall–Kier alpha value is -6.10. The Morgan fingerprint density at radius 2 is 0.925 bits per heavy atom. The number of aryl methyl sites for hydroxylation is 2. The molecule has 2 saturated heterocycles. The zero-order valence-electron chi connectivity index (χ0n) is 47.4. The number of carbonyl (C=O) groups is 5. The molecule has 2 unspecified atom stereocenters. The lowest BCUT2D eigenvalue weighted by molar-refractivity contribution is -0.222. The Morgan fingerprint density at radius 3 is 1.35 bits per heavy atom. The van der Waals surface area contributed by atoms with E-state index in [4.69, 9.17) is 23.7 Å². The number of hydrogen-bond acceptors (Lipinski definition) is 13. The molecule has 0 radical (unpaired) electrons. The van der Waals surface area contributed by atoms with Crippen LogP contribution in [0.4, 0.5) is 0 Å². The quantitative estimate of drug-likeness (QED) is 0.0703. The summed E-state index contributed by atoms with van der Waals surface area (Å²) in [6.07, 6.45) is 5.46. The zero-order valence-corrected chi connectivity index (χ0v) is 49.8. The van der Waals surface area contributed by atoms with Crippen LogP contribution in [0, 0.1) is 25.7 Å². The van der Waals surface area contributed by atoms with E-state index < -0.39 is 30.3 Å². The van der Waals surface area contributed by atoms with Crippen molar-refractivity contribution in [3.05, 3.63) is 163 Å². The van der Waals surface area contributed by atoms with Crippen molar-refractivity contribution in [1.29, 1.82) is 0 Å². The summed E-state index contributed by atoms with van der Waals surface area (Å²) in [5.74, 6) is -1.12. The van der Waals surface area contributed by atoms with Gasteiger partial charge in [0.05, 0.1) is 23.6 Å². The molecule has 2 aromatic heterocycles. The summed E-state index contributed by atoms with van der Waals surface area (Å²) in [5.41, 5.74) is 10.4. The van der Waals surface area contributed by atoms with Crippen molar-refractivity contribution in [2.45, 2.75) is 161 Å². The molecule has 2 saturated carbocycles. The van der Waals surface area contributed by atoms with Crippen LogP contribution in [0.3, 0.4) is 0 Å². The van der Waals surface area contributed by atoms with Gasteiger partial charge in [0.2, 0.25) is 0 Å². The van der Waals surface area contributed by atoms with Gasteiger partial charge in [-0.1, -0.05) is 74.5 Å². The molecule has 2 N–H and O–H groups in total. The van der Waals surface area contributed by atoms with Crippen molar-refractivity contribution < 1.29 is 47.7 Å². The molecule has 15 heteroatoms. The van der Waals surface area contributed by atoms with Crippen LogP contribution in [0.1, 0.15) is 150 Å². The van der Waals surface area contributed by atoms with E-state index in [1.165, 1.54) is 46.5 Å². The minimum atomic E-state index is -0.749. The summed E-state index contributed by atoms with van der Waals surface area (Å²) < 4.78 is 30.1. The second-order valence-electron chi connectivity index (χ2n) is 22.1. The van der Waals surface area contributed by atoms with Crippen LogP contribution in [0.5, 0.6) is 0 Å². The first-order valence-corrected chi connectivity index (χ1v) is 30.8. The van der Waals surface area contributed by atoms with Crippen LogP contribution in [-0.4, -0.2) is 83.8 Å². The maximum Gasteiger partial charge on any atom is 0.303 e.